The van der Waals surface area contributed by atoms with Gasteiger partial charge in [-0.15, -0.1) is 0 Å². The number of piperidine rings is 1. The molecule has 0 aliphatic carbocycles. The average Bonchev–Trinajstić information content (AvgIpc) is 3.08. The SMILES string of the molecule is CC1(Cc2ccc3c(c2)OCO3)CCC(=O)N(Cc2ccc(O)cc2)C1. The predicted octanol–water partition coefficient (Wildman–Crippen LogP) is 3.49. The fraction of sp³-hybridized carbons (Fsp3) is 0.381. The number of amides is 1. The molecule has 5 nitrogen and oxygen atoms in total. The molecule has 1 atom stereocenters. The number of phenols is 1. The van der Waals surface area contributed by atoms with Gasteiger partial charge in [0.25, 0.3) is 0 Å². The van der Waals surface area contributed by atoms with Gasteiger partial charge in [0.1, 0.15) is 5.75 Å². The number of benzene rings is 2. The van der Waals surface area contributed by atoms with E-state index in [0.29, 0.717) is 13.0 Å². The molecule has 5 heteroatoms. The van der Waals surface area contributed by atoms with Crippen LogP contribution in [0.1, 0.15) is 30.9 Å². The number of rotatable bonds is 4. The van der Waals surface area contributed by atoms with E-state index in [1.54, 1.807) is 12.1 Å². The van der Waals surface area contributed by atoms with E-state index in [1.807, 2.05) is 29.2 Å². The summed E-state index contributed by atoms with van der Waals surface area (Å²) in [5, 5.41) is 9.43. The first kappa shape index (κ1) is 16.8. The Morgan fingerprint density at radius 2 is 1.81 bits per heavy atom. The zero-order chi connectivity index (χ0) is 18.1. The number of likely N-dealkylation sites (tertiary alicyclic amines) is 1. The smallest absolute Gasteiger partial charge is 0.231 e. The Morgan fingerprint density at radius 1 is 1.08 bits per heavy atom. The van der Waals surface area contributed by atoms with Gasteiger partial charge < -0.3 is 19.5 Å². The van der Waals surface area contributed by atoms with Crippen molar-refractivity contribution in [3.63, 3.8) is 0 Å². The van der Waals surface area contributed by atoms with Gasteiger partial charge in [-0.3, -0.25) is 4.79 Å². The summed E-state index contributed by atoms with van der Waals surface area (Å²) in [6.45, 7) is 3.83. The highest BCUT2D eigenvalue weighted by Crippen LogP contribution is 2.38. The summed E-state index contributed by atoms with van der Waals surface area (Å²) >= 11 is 0. The molecule has 2 aromatic rings. The van der Waals surface area contributed by atoms with Crippen LogP contribution in [-0.4, -0.2) is 29.3 Å². The molecule has 4 rings (SSSR count). The summed E-state index contributed by atoms with van der Waals surface area (Å²) in [7, 11) is 0. The van der Waals surface area contributed by atoms with Crippen molar-refractivity contribution in [2.24, 2.45) is 5.41 Å². The van der Waals surface area contributed by atoms with Gasteiger partial charge >= 0.3 is 0 Å². The van der Waals surface area contributed by atoms with Crippen molar-refractivity contribution in [3.05, 3.63) is 53.6 Å². The van der Waals surface area contributed by atoms with Crippen LogP contribution in [0.2, 0.25) is 0 Å². The van der Waals surface area contributed by atoms with E-state index >= 15 is 0 Å². The Bertz CT molecular complexity index is 817. The van der Waals surface area contributed by atoms with Crippen LogP contribution in [0.15, 0.2) is 42.5 Å². The number of nitrogens with zero attached hydrogens (tertiary/aromatic N) is 1. The van der Waals surface area contributed by atoms with E-state index in [-0.39, 0.29) is 23.9 Å². The van der Waals surface area contributed by atoms with Crippen molar-refractivity contribution in [1.29, 1.82) is 0 Å². The minimum atomic E-state index is 0.0263. The number of hydrogen-bond donors (Lipinski definition) is 1. The first-order valence-electron chi connectivity index (χ1n) is 8.95. The molecule has 1 fully saturated rings. The first-order chi connectivity index (χ1) is 12.5. The molecule has 26 heavy (non-hydrogen) atoms. The number of carbonyl (C=O) groups excluding carboxylic acids is 1. The normalized spacial score (nSPS) is 21.9. The van der Waals surface area contributed by atoms with Crippen molar-refractivity contribution < 1.29 is 19.4 Å². The van der Waals surface area contributed by atoms with Gasteiger partial charge in [0.05, 0.1) is 0 Å². The van der Waals surface area contributed by atoms with Gasteiger partial charge in [0, 0.05) is 19.5 Å². The molecule has 2 heterocycles. The van der Waals surface area contributed by atoms with Crippen LogP contribution in [0.5, 0.6) is 17.2 Å². The second-order valence-electron chi connectivity index (χ2n) is 7.59. The molecule has 2 aliphatic heterocycles. The van der Waals surface area contributed by atoms with Crippen molar-refractivity contribution in [2.75, 3.05) is 13.3 Å². The minimum Gasteiger partial charge on any atom is -0.508 e. The molecular formula is C21H23NO4. The van der Waals surface area contributed by atoms with Crippen LogP contribution < -0.4 is 9.47 Å². The van der Waals surface area contributed by atoms with Gasteiger partial charge in [-0.1, -0.05) is 25.1 Å². The Morgan fingerprint density at radius 3 is 2.62 bits per heavy atom. The topological polar surface area (TPSA) is 59.0 Å². The molecule has 1 N–H and O–H groups in total. The zero-order valence-electron chi connectivity index (χ0n) is 14.9. The number of fused-ring (bicyclic) bond motifs is 1. The third-order valence-corrected chi connectivity index (χ3v) is 5.25. The lowest BCUT2D eigenvalue weighted by molar-refractivity contribution is -0.137. The molecule has 2 aliphatic rings. The Hall–Kier alpha value is -2.69. The highest BCUT2D eigenvalue weighted by Gasteiger charge is 2.35. The van der Waals surface area contributed by atoms with E-state index in [2.05, 4.69) is 13.0 Å². The summed E-state index contributed by atoms with van der Waals surface area (Å²) in [5.41, 5.74) is 2.26. The van der Waals surface area contributed by atoms with E-state index in [4.69, 9.17) is 9.47 Å². The maximum Gasteiger partial charge on any atom is 0.231 e. The second kappa shape index (κ2) is 6.56. The molecule has 0 spiro atoms. The Kier molecular flexibility index (Phi) is 4.23. The lowest BCUT2D eigenvalue weighted by Gasteiger charge is -2.40. The fourth-order valence-corrected chi connectivity index (χ4v) is 3.85. The quantitative estimate of drug-likeness (QED) is 0.914. The molecule has 2 aromatic carbocycles. The van der Waals surface area contributed by atoms with Crippen molar-refractivity contribution >= 4 is 5.91 Å². The van der Waals surface area contributed by atoms with Crippen LogP contribution >= 0.6 is 0 Å². The van der Waals surface area contributed by atoms with Crippen molar-refractivity contribution in [1.82, 2.24) is 4.90 Å². The van der Waals surface area contributed by atoms with Gasteiger partial charge in [-0.2, -0.15) is 0 Å². The van der Waals surface area contributed by atoms with Crippen molar-refractivity contribution in [2.45, 2.75) is 32.7 Å². The van der Waals surface area contributed by atoms with E-state index in [9.17, 15) is 9.90 Å². The summed E-state index contributed by atoms with van der Waals surface area (Å²) in [5.74, 6) is 2.04. The van der Waals surface area contributed by atoms with Gasteiger partial charge in [-0.25, -0.2) is 0 Å². The second-order valence-corrected chi connectivity index (χ2v) is 7.59. The molecule has 0 radical (unpaired) electrons. The standard InChI is InChI=1S/C21H23NO4/c1-21(11-16-4-7-18-19(10-16)26-14-25-18)9-8-20(24)22(13-21)12-15-2-5-17(23)6-3-15/h2-7,10,23H,8-9,11-14H2,1H3. The minimum absolute atomic E-state index is 0.0263. The van der Waals surface area contributed by atoms with Gasteiger partial charge in [0.2, 0.25) is 12.7 Å². The van der Waals surface area contributed by atoms with Crippen LogP contribution in [0.4, 0.5) is 0 Å². The summed E-state index contributed by atoms with van der Waals surface area (Å²) < 4.78 is 10.9. The Labute approximate surface area is 153 Å². The summed E-state index contributed by atoms with van der Waals surface area (Å²) in [6, 6.07) is 13.2. The van der Waals surface area contributed by atoms with Crippen LogP contribution in [0, 0.1) is 5.41 Å². The predicted molar refractivity (Wildman–Crippen MR) is 97.1 cm³/mol. The number of carbonyl (C=O) groups is 1. The number of aromatic hydroxyl groups is 1. The third kappa shape index (κ3) is 3.47. The lowest BCUT2D eigenvalue weighted by atomic mass is 9.76. The maximum atomic E-state index is 12.4. The van der Waals surface area contributed by atoms with Gasteiger partial charge in [0.15, 0.2) is 11.5 Å². The summed E-state index contributed by atoms with van der Waals surface area (Å²) in [4.78, 5) is 14.3. The zero-order valence-corrected chi connectivity index (χ0v) is 14.9. The fourth-order valence-electron chi connectivity index (χ4n) is 3.85. The lowest BCUT2D eigenvalue weighted by Crippen LogP contribution is -2.45. The van der Waals surface area contributed by atoms with E-state index < -0.39 is 0 Å². The molecule has 1 saturated heterocycles. The number of ether oxygens (including phenoxy) is 2. The molecule has 0 saturated carbocycles. The number of hydrogen-bond acceptors (Lipinski definition) is 4. The van der Waals surface area contributed by atoms with E-state index in [1.165, 1.54) is 5.56 Å². The molecular weight excluding hydrogens is 330 g/mol. The molecule has 0 bridgehead atoms. The highest BCUT2D eigenvalue weighted by atomic mass is 16.7. The molecule has 1 unspecified atom stereocenters. The molecule has 136 valence electrons. The van der Waals surface area contributed by atoms with Crippen LogP contribution in [0.3, 0.4) is 0 Å². The molecule has 1 amide bonds. The van der Waals surface area contributed by atoms with Crippen LogP contribution in [-0.2, 0) is 17.8 Å². The average molecular weight is 353 g/mol. The largest absolute Gasteiger partial charge is 0.508 e. The van der Waals surface area contributed by atoms with Gasteiger partial charge in [-0.05, 0) is 53.6 Å². The monoisotopic (exact) mass is 353 g/mol. The third-order valence-electron chi connectivity index (χ3n) is 5.25. The summed E-state index contributed by atoms with van der Waals surface area (Å²) in [6.07, 6.45) is 2.34. The van der Waals surface area contributed by atoms with E-state index in [0.717, 1.165) is 36.4 Å². The highest BCUT2D eigenvalue weighted by molar-refractivity contribution is 5.77. The van der Waals surface area contributed by atoms with Crippen molar-refractivity contribution in [3.8, 4) is 17.2 Å². The first-order valence-corrected chi connectivity index (χ1v) is 8.95. The number of phenolic OH excluding ortho intramolecular Hbond substituents is 1. The molecule has 0 aromatic heterocycles. The van der Waals surface area contributed by atoms with Crippen LogP contribution in [0.25, 0.3) is 0 Å². The Balaban J connectivity index is 1.47. The maximum absolute atomic E-state index is 12.4.